The topological polar surface area (TPSA) is 58.6 Å². The lowest BCUT2D eigenvalue weighted by Crippen LogP contribution is -2.34. The lowest BCUT2D eigenvalue weighted by Gasteiger charge is -2.19. The molecule has 0 unspecified atom stereocenters. The van der Waals surface area contributed by atoms with E-state index in [9.17, 15) is 14.0 Å². The number of likely N-dealkylation sites (tertiary alicyclic amines) is 1. The number of benzene rings is 1. The number of nitrogens with zero attached hydrogens (tertiary/aromatic N) is 1. The van der Waals surface area contributed by atoms with Gasteiger partial charge in [-0.1, -0.05) is 0 Å². The van der Waals surface area contributed by atoms with Crippen molar-refractivity contribution in [3.8, 4) is 5.75 Å². The van der Waals surface area contributed by atoms with E-state index in [4.69, 9.17) is 4.74 Å². The highest BCUT2D eigenvalue weighted by Crippen LogP contribution is 2.26. The molecule has 1 fully saturated rings. The van der Waals surface area contributed by atoms with Crippen LogP contribution >= 0.6 is 0 Å². The molecule has 2 amide bonds. The summed E-state index contributed by atoms with van der Waals surface area (Å²) in [4.78, 5) is 25.2. The SMILES string of the molecule is COc1ccc(F)cc1[C@H](C)NC(=O)[C@@H]1CC(=O)N(C)C1. The van der Waals surface area contributed by atoms with Crippen molar-refractivity contribution in [2.45, 2.75) is 19.4 Å². The van der Waals surface area contributed by atoms with Crippen molar-refractivity contribution >= 4 is 11.8 Å². The highest BCUT2D eigenvalue weighted by Gasteiger charge is 2.32. The summed E-state index contributed by atoms with van der Waals surface area (Å²) in [7, 11) is 3.17. The summed E-state index contributed by atoms with van der Waals surface area (Å²) in [6, 6.07) is 3.78. The van der Waals surface area contributed by atoms with Crippen molar-refractivity contribution in [1.82, 2.24) is 10.2 Å². The van der Waals surface area contributed by atoms with Crippen LogP contribution in [-0.2, 0) is 9.59 Å². The third-order valence-corrected chi connectivity index (χ3v) is 3.73. The molecule has 2 atom stereocenters. The van der Waals surface area contributed by atoms with Gasteiger partial charge in [0.25, 0.3) is 0 Å². The zero-order valence-electron chi connectivity index (χ0n) is 12.4. The van der Waals surface area contributed by atoms with Gasteiger partial charge in [0.2, 0.25) is 11.8 Å². The fraction of sp³-hybridized carbons (Fsp3) is 0.467. The Labute approximate surface area is 123 Å². The van der Waals surface area contributed by atoms with Gasteiger partial charge in [-0.05, 0) is 25.1 Å². The van der Waals surface area contributed by atoms with Gasteiger partial charge in [0, 0.05) is 25.6 Å². The minimum Gasteiger partial charge on any atom is -0.496 e. The molecule has 0 bridgehead atoms. The van der Waals surface area contributed by atoms with Crippen LogP contribution in [0, 0.1) is 11.7 Å². The summed E-state index contributed by atoms with van der Waals surface area (Å²) < 4.78 is 18.5. The van der Waals surface area contributed by atoms with E-state index in [1.54, 1.807) is 14.0 Å². The van der Waals surface area contributed by atoms with E-state index in [0.29, 0.717) is 17.9 Å². The normalized spacial score (nSPS) is 19.5. The predicted molar refractivity (Wildman–Crippen MR) is 75.3 cm³/mol. The first kappa shape index (κ1) is 15.3. The number of hydrogen-bond acceptors (Lipinski definition) is 3. The van der Waals surface area contributed by atoms with E-state index >= 15 is 0 Å². The maximum absolute atomic E-state index is 13.4. The molecular weight excluding hydrogens is 275 g/mol. The van der Waals surface area contributed by atoms with Crippen LogP contribution < -0.4 is 10.1 Å². The fourth-order valence-electron chi connectivity index (χ4n) is 2.49. The third-order valence-electron chi connectivity index (χ3n) is 3.73. The van der Waals surface area contributed by atoms with Crippen LogP contribution in [-0.4, -0.2) is 37.4 Å². The number of hydrogen-bond donors (Lipinski definition) is 1. The summed E-state index contributed by atoms with van der Waals surface area (Å²) in [5.74, 6) is -0.464. The summed E-state index contributed by atoms with van der Waals surface area (Å²) >= 11 is 0. The molecule has 0 aromatic heterocycles. The number of halogens is 1. The molecule has 0 radical (unpaired) electrons. The Balaban J connectivity index is 2.08. The van der Waals surface area contributed by atoms with Crippen molar-refractivity contribution in [2.75, 3.05) is 20.7 Å². The van der Waals surface area contributed by atoms with Crippen LogP contribution in [0.1, 0.15) is 24.9 Å². The second-order valence-electron chi connectivity index (χ2n) is 5.29. The minimum atomic E-state index is -0.399. The second-order valence-corrected chi connectivity index (χ2v) is 5.29. The van der Waals surface area contributed by atoms with E-state index in [-0.39, 0.29) is 30.0 Å². The standard InChI is InChI=1S/C15H19FN2O3/c1-9(12-7-11(16)4-5-13(12)21-3)17-15(20)10-6-14(19)18(2)8-10/h4-5,7,9-10H,6,8H2,1-3H3,(H,17,20)/t9-,10+/m0/s1. The molecule has 1 aliphatic heterocycles. The second kappa shape index (κ2) is 6.11. The predicted octanol–water partition coefficient (Wildman–Crippen LogP) is 1.49. The quantitative estimate of drug-likeness (QED) is 0.915. The van der Waals surface area contributed by atoms with Gasteiger partial charge in [-0.3, -0.25) is 9.59 Å². The molecule has 1 saturated heterocycles. The molecule has 0 spiro atoms. The van der Waals surface area contributed by atoms with Crippen molar-refractivity contribution in [3.63, 3.8) is 0 Å². The Morgan fingerprint density at radius 3 is 2.81 bits per heavy atom. The Morgan fingerprint density at radius 2 is 2.24 bits per heavy atom. The van der Waals surface area contributed by atoms with Gasteiger partial charge in [0.15, 0.2) is 0 Å². The lowest BCUT2D eigenvalue weighted by atomic mass is 10.0. The summed E-state index contributed by atoms with van der Waals surface area (Å²) in [5.41, 5.74) is 0.573. The Morgan fingerprint density at radius 1 is 1.52 bits per heavy atom. The van der Waals surface area contributed by atoms with Crippen LogP contribution in [0.25, 0.3) is 0 Å². The van der Waals surface area contributed by atoms with Crippen LogP contribution in [0.4, 0.5) is 4.39 Å². The number of carbonyl (C=O) groups is 2. The van der Waals surface area contributed by atoms with Crippen molar-refractivity contribution in [2.24, 2.45) is 5.92 Å². The Bertz CT molecular complexity index is 562. The molecule has 5 nitrogen and oxygen atoms in total. The zero-order chi connectivity index (χ0) is 15.6. The molecular formula is C15H19FN2O3. The largest absolute Gasteiger partial charge is 0.496 e. The highest BCUT2D eigenvalue weighted by atomic mass is 19.1. The first-order chi connectivity index (χ1) is 9.92. The lowest BCUT2D eigenvalue weighted by molar-refractivity contribution is -0.128. The number of ether oxygens (including phenoxy) is 1. The van der Waals surface area contributed by atoms with Gasteiger partial charge in [0.1, 0.15) is 11.6 Å². The van der Waals surface area contributed by atoms with Gasteiger partial charge < -0.3 is 15.0 Å². The first-order valence-corrected chi connectivity index (χ1v) is 6.80. The van der Waals surface area contributed by atoms with Gasteiger partial charge >= 0.3 is 0 Å². The maximum atomic E-state index is 13.4. The molecule has 1 N–H and O–H groups in total. The van der Waals surface area contributed by atoms with E-state index < -0.39 is 6.04 Å². The molecule has 6 heteroatoms. The molecule has 2 rings (SSSR count). The smallest absolute Gasteiger partial charge is 0.225 e. The van der Waals surface area contributed by atoms with E-state index in [1.165, 1.54) is 30.2 Å². The molecule has 0 saturated carbocycles. The Hall–Kier alpha value is -2.11. The van der Waals surface area contributed by atoms with E-state index in [1.807, 2.05) is 0 Å². The average molecular weight is 294 g/mol. The summed E-state index contributed by atoms with van der Waals surface area (Å²) in [6.07, 6.45) is 0.218. The molecule has 0 aliphatic carbocycles. The third kappa shape index (κ3) is 3.32. The minimum absolute atomic E-state index is 0.0360. The summed E-state index contributed by atoms with van der Waals surface area (Å²) in [5, 5.41) is 2.82. The van der Waals surface area contributed by atoms with Gasteiger partial charge in [-0.2, -0.15) is 0 Å². The van der Waals surface area contributed by atoms with Gasteiger partial charge in [-0.25, -0.2) is 4.39 Å². The molecule has 1 heterocycles. The molecule has 1 aromatic carbocycles. The number of nitrogens with one attached hydrogen (secondary N) is 1. The van der Waals surface area contributed by atoms with Crippen LogP contribution in [0.5, 0.6) is 5.75 Å². The highest BCUT2D eigenvalue weighted by molar-refractivity contribution is 5.89. The number of amides is 2. The molecule has 114 valence electrons. The van der Waals surface area contributed by atoms with Crippen LogP contribution in [0.2, 0.25) is 0 Å². The fourth-order valence-corrected chi connectivity index (χ4v) is 2.49. The summed E-state index contributed by atoms with van der Waals surface area (Å²) in [6.45, 7) is 2.17. The Kier molecular flexibility index (Phi) is 4.45. The van der Waals surface area contributed by atoms with Crippen LogP contribution in [0.15, 0.2) is 18.2 Å². The number of methoxy groups -OCH3 is 1. The number of carbonyl (C=O) groups excluding carboxylic acids is 2. The van der Waals surface area contributed by atoms with Crippen LogP contribution in [0.3, 0.4) is 0 Å². The van der Waals surface area contributed by atoms with E-state index in [0.717, 1.165) is 0 Å². The van der Waals surface area contributed by atoms with Crippen molar-refractivity contribution in [3.05, 3.63) is 29.6 Å². The average Bonchev–Trinajstić information content (AvgIpc) is 2.78. The maximum Gasteiger partial charge on any atom is 0.225 e. The van der Waals surface area contributed by atoms with Crippen molar-refractivity contribution < 1.29 is 18.7 Å². The number of rotatable bonds is 4. The monoisotopic (exact) mass is 294 g/mol. The van der Waals surface area contributed by atoms with E-state index in [2.05, 4.69) is 5.32 Å². The molecule has 21 heavy (non-hydrogen) atoms. The first-order valence-electron chi connectivity index (χ1n) is 6.80. The zero-order valence-corrected chi connectivity index (χ0v) is 12.4. The van der Waals surface area contributed by atoms with Gasteiger partial charge in [0.05, 0.1) is 19.1 Å². The van der Waals surface area contributed by atoms with Crippen molar-refractivity contribution in [1.29, 1.82) is 0 Å². The molecule has 1 aliphatic rings. The molecule has 1 aromatic rings. The van der Waals surface area contributed by atoms with Gasteiger partial charge in [-0.15, -0.1) is 0 Å².